The van der Waals surface area contributed by atoms with Crippen LogP contribution in [0.5, 0.6) is 0 Å². The number of aromatic nitrogens is 4. The standard InChI is InChI=1S/C11H13N5S2/c1-2-9-10(18-15-14-9)8(12)5-7-6-16-3-4-17-11(16)13-7/h3-4,6,8H,2,5,12H2,1H3. The molecule has 0 fully saturated rings. The molecule has 1 atom stereocenters. The van der Waals surface area contributed by atoms with Gasteiger partial charge in [-0.2, -0.15) is 0 Å². The topological polar surface area (TPSA) is 69.1 Å². The molecule has 3 aromatic rings. The molecule has 5 nitrogen and oxygen atoms in total. The molecule has 0 aliphatic rings. The summed E-state index contributed by atoms with van der Waals surface area (Å²) in [5.74, 6) is 0. The van der Waals surface area contributed by atoms with E-state index < -0.39 is 0 Å². The Hall–Kier alpha value is -1.31. The lowest BCUT2D eigenvalue weighted by Crippen LogP contribution is -2.14. The van der Waals surface area contributed by atoms with E-state index in [1.165, 1.54) is 11.5 Å². The first-order chi connectivity index (χ1) is 8.78. The normalized spacial score (nSPS) is 13.2. The summed E-state index contributed by atoms with van der Waals surface area (Å²) >= 11 is 3.02. The van der Waals surface area contributed by atoms with Gasteiger partial charge in [0.1, 0.15) is 0 Å². The summed E-state index contributed by atoms with van der Waals surface area (Å²) in [5.41, 5.74) is 8.25. The van der Waals surface area contributed by atoms with Gasteiger partial charge in [0.25, 0.3) is 0 Å². The van der Waals surface area contributed by atoms with Crippen LogP contribution in [0.25, 0.3) is 4.96 Å². The minimum atomic E-state index is -0.0652. The van der Waals surface area contributed by atoms with Crippen LogP contribution in [-0.2, 0) is 12.8 Å². The number of fused-ring (bicyclic) bond motifs is 1. The molecule has 0 saturated heterocycles. The van der Waals surface area contributed by atoms with Crippen molar-refractivity contribution in [3.63, 3.8) is 0 Å². The zero-order valence-corrected chi connectivity index (χ0v) is 11.5. The number of hydrogen-bond donors (Lipinski definition) is 1. The van der Waals surface area contributed by atoms with Crippen molar-refractivity contribution in [3.05, 3.63) is 34.0 Å². The fraction of sp³-hybridized carbons (Fsp3) is 0.364. The van der Waals surface area contributed by atoms with Gasteiger partial charge < -0.3 is 5.73 Å². The minimum Gasteiger partial charge on any atom is -0.323 e. The fourth-order valence-electron chi connectivity index (χ4n) is 1.93. The molecule has 0 spiro atoms. The molecule has 0 amide bonds. The number of imidazole rings is 1. The van der Waals surface area contributed by atoms with E-state index in [2.05, 4.69) is 21.5 Å². The highest BCUT2D eigenvalue weighted by molar-refractivity contribution is 7.15. The van der Waals surface area contributed by atoms with Gasteiger partial charge >= 0.3 is 0 Å². The lowest BCUT2D eigenvalue weighted by molar-refractivity contribution is 0.711. The Labute approximate surface area is 112 Å². The number of hydrogen-bond acceptors (Lipinski definition) is 6. The Morgan fingerprint density at radius 2 is 2.39 bits per heavy atom. The molecule has 0 radical (unpaired) electrons. The molecule has 7 heteroatoms. The van der Waals surface area contributed by atoms with Gasteiger partial charge in [0.05, 0.1) is 16.3 Å². The monoisotopic (exact) mass is 279 g/mol. The van der Waals surface area contributed by atoms with Gasteiger partial charge in [0.15, 0.2) is 4.96 Å². The van der Waals surface area contributed by atoms with Gasteiger partial charge in [0, 0.05) is 30.2 Å². The van der Waals surface area contributed by atoms with Crippen LogP contribution in [0.15, 0.2) is 17.8 Å². The maximum absolute atomic E-state index is 6.22. The summed E-state index contributed by atoms with van der Waals surface area (Å²) in [4.78, 5) is 6.63. The highest BCUT2D eigenvalue weighted by Crippen LogP contribution is 2.23. The lowest BCUT2D eigenvalue weighted by Gasteiger charge is -2.07. The zero-order chi connectivity index (χ0) is 12.5. The molecular formula is C11H13N5S2. The minimum absolute atomic E-state index is 0.0652. The van der Waals surface area contributed by atoms with Gasteiger partial charge in [-0.3, -0.25) is 4.40 Å². The lowest BCUT2D eigenvalue weighted by atomic mass is 10.1. The summed E-state index contributed by atoms with van der Waals surface area (Å²) in [5, 5.41) is 6.12. The van der Waals surface area contributed by atoms with Crippen LogP contribution in [0.3, 0.4) is 0 Å². The second-order valence-corrected chi connectivity index (χ2v) is 5.73. The SMILES string of the molecule is CCc1nnsc1C(N)Cc1cn2ccsc2n1. The van der Waals surface area contributed by atoms with Crippen molar-refractivity contribution in [2.24, 2.45) is 5.73 Å². The molecule has 0 aromatic carbocycles. The molecule has 3 rings (SSSR count). The highest BCUT2D eigenvalue weighted by Gasteiger charge is 2.16. The Morgan fingerprint density at radius 3 is 3.17 bits per heavy atom. The summed E-state index contributed by atoms with van der Waals surface area (Å²) in [6.07, 6.45) is 5.64. The third-order valence-corrected chi connectivity index (χ3v) is 4.50. The van der Waals surface area contributed by atoms with E-state index in [0.29, 0.717) is 0 Å². The first-order valence-electron chi connectivity index (χ1n) is 5.75. The third kappa shape index (κ3) is 2.05. The van der Waals surface area contributed by atoms with E-state index in [1.807, 2.05) is 22.2 Å². The van der Waals surface area contributed by atoms with E-state index in [9.17, 15) is 0 Å². The molecule has 0 saturated carbocycles. The number of aryl methyl sites for hydroxylation is 1. The second-order valence-electron chi connectivity index (χ2n) is 4.07. The molecule has 2 N–H and O–H groups in total. The molecule has 1 unspecified atom stereocenters. The highest BCUT2D eigenvalue weighted by atomic mass is 32.1. The molecule has 0 aliphatic heterocycles. The van der Waals surface area contributed by atoms with Crippen molar-refractivity contribution in [2.45, 2.75) is 25.8 Å². The molecule has 0 bridgehead atoms. The maximum atomic E-state index is 6.22. The zero-order valence-electron chi connectivity index (χ0n) is 9.91. The van der Waals surface area contributed by atoms with E-state index in [0.717, 1.165) is 34.1 Å². The van der Waals surface area contributed by atoms with Crippen molar-refractivity contribution in [3.8, 4) is 0 Å². The first kappa shape index (κ1) is 11.8. The Bertz CT molecular complexity index is 625. The van der Waals surface area contributed by atoms with Crippen LogP contribution in [0.2, 0.25) is 0 Å². The van der Waals surface area contributed by atoms with Gasteiger partial charge in [-0.1, -0.05) is 11.4 Å². The van der Waals surface area contributed by atoms with Gasteiger partial charge in [-0.15, -0.1) is 16.4 Å². The number of rotatable bonds is 4. The van der Waals surface area contributed by atoms with Crippen molar-refractivity contribution in [1.82, 2.24) is 19.0 Å². The molecule has 18 heavy (non-hydrogen) atoms. The summed E-state index contributed by atoms with van der Waals surface area (Å²) in [6, 6.07) is -0.0652. The summed E-state index contributed by atoms with van der Waals surface area (Å²) < 4.78 is 6.00. The molecule has 0 aliphatic carbocycles. The summed E-state index contributed by atoms with van der Waals surface area (Å²) in [7, 11) is 0. The smallest absolute Gasteiger partial charge is 0.193 e. The fourth-order valence-corrected chi connectivity index (χ4v) is 3.39. The van der Waals surface area contributed by atoms with Crippen molar-refractivity contribution in [2.75, 3.05) is 0 Å². The van der Waals surface area contributed by atoms with Crippen molar-refractivity contribution < 1.29 is 0 Å². The Balaban J connectivity index is 1.82. The second kappa shape index (κ2) is 4.75. The van der Waals surface area contributed by atoms with Crippen LogP contribution >= 0.6 is 22.9 Å². The van der Waals surface area contributed by atoms with E-state index in [1.54, 1.807) is 11.3 Å². The van der Waals surface area contributed by atoms with Gasteiger partial charge in [-0.05, 0) is 18.0 Å². The van der Waals surface area contributed by atoms with E-state index in [4.69, 9.17) is 5.73 Å². The number of nitrogens with two attached hydrogens (primary N) is 1. The number of nitrogens with zero attached hydrogens (tertiary/aromatic N) is 4. The first-order valence-corrected chi connectivity index (χ1v) is 7.41. The Morgan fingerprint density at radius 1 is 1.50 bits per heavy atom. The van der Waals surface area contributed by atoms with Crippen LogP contribution in [0.4, 0.5) is 0 Å². The molecule has 94 valence electrons. The predicted molar refractivity (Wildman–Crippen MR) is 73.0 cm³/mol. The van der Waals surface area contributed by atoms with Crippen LogP contribution in [0, 0.1) is 0 Å². The molecule has 3 heterocycles. The summed E-state index contributed by atoms with van der Waals surface area (Å²) in [6.45, 7) is 2.07. The quantitative estimate of drug-likeness (QED) is 0.793. The average Bonchev–Trinajstić information content (AvgIpc) is 3.02. The molecule has 3 aromatic heterocycles. The van der Waals surface area contributed by atoms with E-state index in [-0.39, 0.29) is 6.04 Å². The maximum Gasteiger partial charge on any atom is 0.193 e. The van der Waals surface area contributed by atoms with Crippen molar-refractivity contribution >= 4 is 27.8 Å². The largest absolute Gasteiger partial charge is 0.323 e. The van der Waals surface area contributed by atoms with E-state index >= 15 is 0 Å². The van der Waals surface area contributed by atoms with Crippen LogP contribution < -0.4 is 5.73 Å². The van der Waals surface area contributed by atoms with Gasteiger partial charge in [0.2, 0.25) is 0 Å². The van der Waals surface area contributed by atoms with Crippen LogP contribution in [0.1, 0.15) is 29.2 Å². The third-order valence-electron chi connectivity index (χ3n) is 2.83. The van der Waals surface area contributed by atoms with Crippen LogP contribution in [-0.4, -0.2) is 19.0 Å². The predicted octanol–water partition coefficient (Wildman–Crippen LogP) is 2.05. The molecular weight excluding hydrogens is 266 g/mol. The number of thiazole rings is 1. The van der Waals surface area contributed by atoms with Crippen molar-refractivity contribution in [1.29, 1.82) is 0 Å². The Kier molecular flexibility index (Phi) is 3.11. The average molecular weight is 279 g/mol. The van der Waals surface area contributed by atoms with Gasteiger partial charge in [-0.25, -0.2) is 4.98 Å².